The molecule has 0 aliphatic carbocycles. The number of carbonyl (C=O) groups is 1. The number of nitrogens with zero attached hydrogens (tertiary/aromatic N) is 2. The molecular formula is C17H20ClN3O3. The number of rotatable bonds is 6. The number of hydrogen-bond acceptors (Lipinski definition) is 4. The SMILES string of the molecule is O=C(COc1ccc(Cl)cc1)Nc1cnn(C[C@H]2CCCCO2)c1. The van der Waals surface area contributed by atoms with Crippen LogP contribution in [0.5, 0.6) is 5.75 Å². The predicted molar refractivity (Wildman–Crippen MR) is 91.4 cm³/mol. The second-order valence-corrected chi connectivity index (χ2v) is 6.17. The maximum absolute atomic E-state index is 11.9. The molecule has 0 saturated carbocycles. The molecule has 7 heteroatoms. The molecule has 128 valence electrons. The predicted octanol–water partition coefficient (Wildman–Crippen LogP) is 3.12. The fraction of sp³-hybridized carbons (Fsp3) is 0.412. The first-order valence-electron chi connectivity index (χ1n) is 8.01. The summed E-state index contributed by atoms with van der Waals surface area (Å²) in [6.07, 6.45) is 7.01. The van der Waals surface area contributed by atoms with Gasteiger partial charge >= 0.3 is 0 Å². The fourth-order valence-electron chi connectivity index (χ4n) is 2.56. The van der Waals surface area contributed by atoms with E-state index in [4.69, 9.17) is 21.1 Å². The third kappa shape index (κ3) is 4.97. The lowest BCUT2D eigenvalue weighted by atomic mass is 10.1. The van der Waals surface area contributed by atoms with Crippen molar-refractivity contribution in [1.29, 1.82) is 0 Å². The Bertz CT molecular complexity index is 666. The van der Waals surface area contributed by atoms with Gasteiger partial charge in [-0.2, -0.15) is 5.10 Å². The highest BCUT2D eigenvalue weighted by Gasteiger charge is 2.15. The van der Waals surface area contributed by atoms with Gasteiger partial charge in [-0.1, -0.05) is 11.6 Å². The second-order valence-electron chi connectivity index (χ2n) is 5.73. The Labute approximate surface area is 145 Å². The molecule has 1 aromatic carbocycles. The smallest absolute Gasteiger partial charge is 0.262 e. The average molecular weight is 350 g/mol. The molecule has 0 unspecified atom stereocenters. The summed E-state index contributed by atoms with van der Waals surface area (Å²) in [4.78, 5) is 11.9. The van der Waals surface area contributed by atoms with E-state index in [0.717, 1.165) is 19.4 Å². The monoisotopic (exact) mass is 349 g/mol. The third-order valence-electron chi connectivity index (χ3n) is 3.77. The van der Waals surface area contributed by atoms with E-state index in [0.29, 0.717) is 23.0 Å². The Morgan fingerprint density at radius 3 is 2.96 bits per heavy atom. The van der Waals surface area contributed by atoms with Crippen molar-refractivity contribution in [1.82, 2.24) is 9.78 Å². The van der Waals surface area contributed by atoms with Gasteiger partial charge in [-0.05, 0) is 43.5 Å². The van der Waals surface area contributed by atoms with Crippen LogP contribution in [0.2, 0.25) is 5.02 Å². The van der Waals surface area contributed by atoms with Crippen molar-refractivity contribution >= 4 is 23.2 Å². The topological polar surface area (TPSA) is 65.4 Å². The Morgan fingerprint density at radius 1 is 1.38 bits per heavy atom. The highest BCUT2D eigenvalue weighted by molar-refractivity contribution is 6.30. The molecule has 0 bridgehead atoms. The maximum Gasteiger partial charge on any atom is 0.262 e. The minimum absolute atomic E-state index is 0.0709. The number of amides is 1. The van der Waals surface area contributed by atoms with Crippen LogP contribution < -0.4 is 10.1 Å². The minimum Gasteiger partial charge on any atom is -0.484 e. The zero-order valence-corrected chi connectivity index (χ0v) is 14.0. The summed E-state index contributed by atoms with van der Waals surface area (Å²) < 4.78 is 12.9. The highest BCUT2D eigenvalue weighted by atomic mass is 35.5. The minimum atomic E-state index is -0.238. The molecule has 1 aromatic heterocycles. The molecule has 6 nitrogen and oxygen atoms in total. The number of ether oxygens (including phenoxy) is 2. The van der Waals surface area contributed by atoms with E-state index in [2.05, 4.69) is 10.4 Å². The molecule has 24 heavy (non-hydrogen) atoms. The summed E-state index contributed by atoms with van der Waals surface area (Å²) in [5.74, 6) is 0.359. The second kappa shape index (κ2) is 8.17. The molecule has 1 fully saturated rings. The van der Waals surface area contributed by atoms with Crippen LogP contribution in [0.25, 0.3) is 0 Å². The molecule has 2 aromatic rings. The number of halogens is 1. The first-order chi connectivity index (χ1) is 11.7. The van der Waals surface area contributed by atoms with Gasteiger partial charge in [-0.25, -0.2) is 0 Å². The zero-order chi connectivity index (χ0) is 16.8. The van der Waals surface area contributed by atoms with E-state index >= 15 is 0 Å². The Balaban J connectivity index is 1.45. The number of nitrogens with one attached hydrogen (secondary N) is 1. The van der Waals surface area contributed by atoms with E-state index in [-0.39, 0.29) is 18.6 Å². The van der Waals surface area contributed by atoms with Crippen molar-refractivity contribution in [2.45, 2.75) is 31.9 Å². The number of anilines is 1. The summed E-state index contributed by atoms with van der Waals surface area (Å²) in [6, 6.07) is 6.87. The number of carbonyl (C=O) groups excluding carboxylic acids is 1. The van der Waals surface area contributed by atoms with Gasteiger partial charge in [0.1, 0.15) is 5.75 Å². The standard InChI is InChI=1S/C17H20ClN3O3/c18-13-4-6-15(7-5-13)24-12-17(22)20-14-9-19-21(10-14)11-16-3-1-2-8-23-16/h4-7,9-10,16H,1-3,8,11-12H2,(H,20,22)/t16-/m1/s1. The van der Waals surface area contributed by atoms with Gasteiger partial charge in [0, 0.05) is 17.8 Å². The Morgan fingerprint density at radius 2 is 2.21 bits per heavy atom. The number of benzene rings is 1. The summed E-state index contributed by atoms with van der Waals surface area (Å²) >= 11 is 5.80. The van der Waals surface area contributed by atoms with Crippen LogP contribution in [-0.4, -0.2) is 35.0 Å². The number of aromatic nitrogens is 2. The molecule has 1 N–H and O–H groups in total. The van der Waals surface area contributed by atoms with Crippen molar-refractivity contribution in [3.63, 3.8) is 0 Å². The van der Waals surface area contributed by atoms with Crippen LogP contribution in [0.1, 0.15) is 19.3 Å². The van der Waals surface area contributed by atoms with E-state index < -0.39 is 0 Å². The Hall–Kier alpha value is -2.05. The first kappa shape index (κ1) is 16.8. The lowest BCUT2D eigenvalue weighted by Gasteiger charge is -2.22. The number of hydrogen-bond donors (Lipinski definition) is 1. The molecule has 2 heterocycles. The van der Waals surface area contributed by atoms with E-state index in [1.807, 2.05) is 0 Å². The largest absolute Gasteiger partial charge is 0.484 e. The van der Waals surface area contributed by atoms with Gasteiger partial charge in [0.05, 0.1) is 24.5 Å². The van der Waals surface area contributed by atoms with Crippen LogP contribution >= 0.6 is 11.6 Å². The van der Waals surface area contributed by atoms with Gasteiger partial charge < -0.3 is 14.8 Å². The molecule has 0 spiro atoms. The zero-order valence-electron chi connectivity index (χ0n) is 13.3. The quantitative estimate of drug-likeness (QED) is 0.870. The summed E-state index contributed by atoms with van der Waals surface area (Å²) in [7, 11) is 0. The molecule has 3 rings (SSSR count). The first-order valence-corrected chi connectivity index (χ1v) is 8.39. The van der Waals surface area contributed by atoms with Crippen LogP contribution in [0.3, 0.4) is 0 Å². The van der Waals surface area contributed by atoms with Crippen molar-refractivity contribution in [2.75, 3.05) is 18.5 Å². The third-order valence-corrected chi connectivity index (χ3v) is 4.02. The van der Waals surface area contributed by atoms with Crippen molar-refractivity contribution in [3.05, 3.63) is 41.7 Å². The fourth-order valence-corrected chi connectivity index (χ4v) is 2.69. The van der Waals surface area contributed by atoms with E-state index in [1.165, 1.54) is 6.42 Å². The van der Waals surface area contributed by atoms with Crippen LogP contribution in [0.15, 0.2) is 36.7 Å². The van der Waals surface area contributed by atoms with Gasteiger partial charge in [0.15, 0.2) is 6.61 Å². The van der Waals surface area contributed by atoms with Crippen molar-refractivity contribution in [3.8, 4) is 5.75 Å². The van der Waals surface area contributed by atoms with Crippen molar-refractivity contribution in [2.24, 2.45) is 0 Å². The average Bonchev–Trinajstić information content (AvgIpc) is 3.02. The van der Waals surface area contributed by atoms with Crippen molar-refractivity contribution < 1.29 is 14.3 Å². The molecule has 1 aliphatic rings. The van der Waals surface area contributed by atoms with Crippen LogP contribution in [-0.2, 0) is 16.1 Å². The van der Waals surface area contributed by atoms with Gasteiger partial charge in [0.2, 0.25) is 0 Å². The summed E-state index contributed by atoms with van der Waals surface area (Å²) in [5.41, 5.74) is 0.649. The highest BCUT2D eigenvalue weighted by Crippen LogP contribution is 2.16. The van der Waals surface area contributed by atoms with Gasteiger partial charge in [-0.3, -0.25) is 9.48 Å². The van der Waals surface area contributed by atoms with E-state index in [1.54, 1.807) is 41.3 Å². The molecule has 1 atom stereocenters. The Kier molecular flexibility index (Phi) is 5.72. The van der Waals surface area contributed by atoms with Gasteiger partial charge in [-0.15, -0.1) is 0 Å². The summed E-state index contributed by atoms with van der Waals surface area (Å²) in [6.45, 7) is 1.45. The lowest BCUT2D eigenvalue weighted by Crippen LogP contribution is -2.24. The molecule has 1 aliphatic heterocycles. The van der Waals surface area contributed by atoms with Gasteiger partial charge in [0.25, 0.3) is 5.91 Å². The molecular weight excluding hydrogens is 330 g/mol. The van der Waals surface area contributed by atoms with Crippen LogP contribution in [0, 0.1) is 0 Å². The maximum atomic E-state index is 11.9. The molecule has 1 amide bonds. The molecule has 0 radical (unpaired) electrons. The van der Waals surface area contributed by atoms with E-state index in [9.17, 15) is 4.79 Å². The summed E-state index contributed by atoms with van der Waals surface area (Å²) in [5, 5.41) is 7.65. The normalized spacial score (nSPS) is 17.5. The van der Waals surface area contributed by atoms with Crippen LogP contribution in [0.4, 0.5) is 5.69 Å². The lowest BCUT2D eigenvalue weighted by molar-refractivity contribution is -0.118. The molecule has 1 saturated heterocycles.